The first-order valence-electron chi connectivity index (χ1n) is 8.20. The van der Waals surface area contributed by atoms with Crippen LogP contribution in [0.3, 0.4) is 0 Å². The van der Waals surface area contributed by atoms with Gasteiger partial charge in [-0.1, -0.05) is 18.2 Å². The molecule has 0 aliphatic rings. The van der Waals surface area contributed by atoms with Gasteiger partial charge in [0.05, 0.1) is 11.4 Å². The fraction of sp³-hybridized carbons (Fsp3) is 0.211. The van der Waals surface area contributed by atoms with Crippen LogP contribution in [-0.2, 0) is 4.79 Å². The number of rotatable bonds is 5. The predicted molar refractivity (Wildman–Crippen MR) is 102 cm³/mol. The maximum atomic E-state index is 12.5. The number of nitrogens with one attached hydrogen (secondary N) is 4. The summed E-state index contributed by atoms with van der Waals surface area (Å²) >= 11 is 0. The molecule has 0 aromatic heterocycles. The van der Waals surface area contributed by atoms with Crippen molar-refractivity contribution in [2.75, 3.05) is 16.0 Å². The Morgan fingerprint density at radius 3 is 2.12 bits per heavy atom. The topological polar surface area (TPSA) is 99.3 Å². The van der Waals surface area contributed by atoms with E-state index in [1.807, 2.05) is 13.8 Å². The number of urea groups is 1. The van der Waals surface area contributed by atoms with E-state index in [-0.39, 0.29) is 23.9 Å². The Morgan fingerprint density at radius 1 is 0.846 bits per heavy atom. The first-order valence-corrected chi connectivity index (χ1v) is 8.20. The van der Waals surface area contributed by atoms with E-state index in [1.165, 1.54) is 6.92 Å². The summed E-state index contributed by atoms with van der Waals surface area (Å²) in [6.45, 7) is 5.11. The van der Waals surface area contributed by atoms with Crippen molar-refractivity contribution >= 4 is 34.9 Å². The average Bonchev–Trinajstić information content (AvgIpc) is 2.55. The molecule has 0 saturated heterocycles. The van der Waals surface area contributed by atoms with Crippen molar-refractivity contribution in [3.63, 3.8) is 0 Å². The zero-order valence-electron chi connectivity index (χ0n) is 14.9. The minimum Gasteiger partial charge on any atom is -0.336 e. The van der Waals surface area contributed by atoms with Gasteiger partial charge in [0.2, 0.25) is 5.91 Å². The third-order valence-corrected chi connectivity index (χ3v) is 3.29. The van der Waals surface area contributed by atoms with Crippen molar-refractivity contribution in [2.45, 2.75) is 26.8 Å². The van der Waals surface area contributed by atoms with Crippen LogP contribution in [0.4, 0.5) is 21.9 Å². The molecule has 4 amide bonds. The fourth-order valence-corrected chi connectivity index (χ4v) is 2.26. The van der Waals surface area contributed by atoms with Gasteiger partial charge in [-0.05, 0) is 44.2 Å². The van der Waals surface area contributed by atoms with E-state index < -0.39 is 0 Å². The molecular formula is C19H22N4O3. The lowest BCUT2D eigenvalue weighted by Gasteiger charge is -2.14. The molecule has 0 radical (unpaired) electrons. The number of hydrogen-bond donors (Lipinski definition) is 4. The summed E-state index contributed by atoms with van der Waals surface area (Å²) in [5.41, 5.74) is 1.88. The van der Waals surface area contributed by atoms with Gasteiger partial charge in [0.15, 0.2) is 0 Å². The molecule has 0 spiro atoms. The first kappa shape index (κ1) is 19.0. The predicted octanol–water partition coefficient (Wildman–Crippen LogP) is 3.43. The van der Waals surface area contributed by atoms with Crippen molar-refractivity contribution in [1.82, 2.24) is 5.32 Å². The van der Waals surface area contributed by atoms with Gasteiger partial charge >= 0.3 is 6.03 Å². The molecule has 0 bridgehead atoms. The Labute approximate surface area is 152 Å². The Hall–Kier alpha value is -3.35. The molecule has 26 heavy (non-hydrogen) atoms. The zero-order chi connectivity index (χ0) is 19.1. The van der Waals surface area contributed by atoms with Crippen molar-refractivity contribution in [2.24, 2.45) is 0 Å². The van der Waals surface area contributed by atoms with E-state index in [4.69, 9.17) is 0 Å². The van der Waals surface area contributed by atoms with Gasteiger partial charge < -0.3 is 21.3 Å². The van der Waals surface area contributed by atoms with Gasteiger partial charge in [-0.25, -0.2) is 4.79 Å². The minimum atomic E-state index is -0.352. The molecular weight excluding hydrogens is 332 g/mol. The van der Waals surface area contributed by atoms with Crippen LogP contribution in [0, 0.1) is 0 Å². The fourth-order valence-electron chi connectivity index (χ4n) is 2.26. The molecule has 0 unspecified atom stereocenters. The zero-order valence-corrected chi connectivity index (χ0v) is 14.9. The van der Waals surface area contributed by atoms with Crippen molar-refractivity contribution in [3.05, 3.63) is 54.1 Å². The van der Waals surface area contributed by atoms with Gasteiger partial charge in [-0.15, -0.1) is 0 Å². The second kappa shape index (κ2) is 8.66. The maximum absolute atomic E-state index is 12.5. The van der Waals surface area contributed by atoms with Gasteiger partial charge in [-0.2, -0.15) is 0 Å². The van der Waals surface area contributed by atoms with Gasteiger partial charge in [0.1, 0.15) is 0 Å². The summed E-state index contributed by atoms with van der Waals surface area (Å²) in [7, 11) is 0. The number of para-hydroxylation sites is 2. The maximum Gasteiger partial charge on any atom is 0.319 e. The monoisotopic (exact) mass is 354 g/mol. The number of hydrogen-bond acceptors (Lipinski definition) is 3. The summed E-state index contributed by atoms with van der Waals surface area (Å²) in [6.07, 6.45) is 0. The number of carbonyl (C=O) groups is 3. The lowest BCUT2D eigenvalue weighted by atomic mass is 10.1. The smallest absolute Gasteiger partial charge is 0.319 e. The van der Waals surface area contributed by atoms with Crippen LogP contribution in [0.2, 0.25) is 0 Å². The van der Waals surface area contributed by atoms with Crippen molar-refractivity contribution < 1.29 is 14.4 Å². The molecule has 0 aliphatic carbocycles. The van der Waals surface area contributed by atoms with E-state index >= 15 is 0 Å². The van der Waals surface area contributed by atoms with Gasteiger partial charge in [0.25, 0.3) is 5.91 Å². The van der Waals surface area contributed by atoms with E-state index in [0.717, 1.165) is 0 Å². The van der Waals surface area contributed by atoms with Crippen LogP contribution >= 0.6 is 0 Å². The standard InChI is InChI=1S/C19H22N4O3/c1-12(2)20-19(26)23-17-10-5-4-9-16(17)22-18(25)14-7-6-8-15(11-14)21-13(3)24/h4-12H,1-3H3,(H,21,24)(H,22,25)(H2,20,23,26). The third-order valence-electron chi connectivity index (χ3n) is 3.29. The molecule has 0 saturated carbocycles. The molecule has 136 valence electrons. The highest BCUT2D eigenvalue weighted by Gasteiger charge is 2.12. The highest BCUT2D eigenvalue weighted by molar-refractivity contribution is 6.07. The Bertz CT molecular complexity index is 818. The van der Waals surface area contributed by atoms with Crippen molar-refractivity contribution in [1.29, 1.82) is 0 Å². The second-order valence-electron chi connectivity index (χ2n) is 6.01. The average molecular weight is 354 g/mol. The van der Waals surface area contributed by atoms with Crippen LogP contribution in [0.1, 0.15) is 31.1 Å². The lowest BCUT2D eigenvalue weighted by Crippen LogP contribution is -2.34. The highest BCUT2D eigenvalue weighted by Crippen LogP contribution is 2.22. The van der Waals surface area contributed by atoms with Gasteiger partial charge in [-0.3, -0.25) is 9.59 Å². The molecule has 4 N–H and O–H groups in total. The quantitative estimate of drug-likeness (QED) is 0.662. The molecule has 7 heteroatoms. The Morgan fingerprint density at radius 2 is 1.50 bits per heavy atom. The summed E-state index contributed by atoms with van der Waals surface area (Å²) in [6, 6.07) is 13.2. The molecule has 0 fully saturated rings. The van der Waals surface area contributed by atoms with Crippen LogP contribution in [0.15, 0.2) is 48.5 Å². The summed E-state index contributed by atoms with van der Waals surface area (Å²) in [5, 5.41) is 10.8. The summed E-state index contributed by atoms with van der Waals surface area (Å²) in [5.74, 6) is -0.566. The van der Waals surface area contributed by atoms with Crippen LogP contribution in [-0.4, -0.2) is 23.9 Å². The molecule has 0 aliphatic heterocycles. The molecule has 7 nitrogen and oxygen atoms in total. The van der Waals surface area contributed by atoms with E-state index in [2.05, 4.69) is 21.3 Å². The SMILES string of the molecule is CC(=O)Nc1cccc(C(=O)Nc2ccccc2NC(=O)NC(C)C)c1. The Kier molecular flexibility index (Phi) is 6.32. The normalized spacial score (nSPS) is 10.2. The molecule has 2 rings (SSSR count). The number of benzene rings is 2. The van der Waals surface area contributed by atoms with E-state index in [9.17, 15) is 14.4 Å². The first-order chi connectivity index (χ1) is 12.3. The summed E-state index contributed by atoms with van der Waals surface area (Å²) < 4.78 is 0. The second-order valence-corrected chi connectivity index (χ2v) is 6.01. The molecule has 0 heterocycles. The minimum absolute atomic E-state index is 0.00623. The number of anilines is 3. The van der Waals surface area contributed by atoms with Crippen molar-refractivity contribution in [3.8, 4) is 0 Å². The van der Waals surface area contributed by atoms with E-state index in [0.29, 0.717) is 22.6 Å². The highest BCUT2D eigenvalue weighted by atomic mass is 16.2. The molecule has 2 aromatic carbocycles. The number of amides is 4. The molecule has 2 aromatic rings. The third kappa shape index (κ3) is 5.62. The molecule has 0 atom stereocenters. The van der Waals surface area contributed by atoms with Gasteiger partial charge in [0, 0.05) is 24.2 Å². The lowest BCUT2D eigenvalue weighted by molar-refractivity contribution is -0.114. The summed E-state index contributed by atoms with van der Waals surface area (Å²) in [4.78, 5) is 35.6. The number of carbonyl (C=O) groups excluding carboxylic acids is 3. The van der Waals surface area contributed by atoms with Crippen LogP contribution in [0.25, 0.3) is 0 Å². The van der Waals surface area contributed by atoms with E-state index in [1.54, 1.807) is 48.5 Å². The Balaban J connectivity index is 2.14. The largest absolute Gasteiger partial charge is 0.336 e. The van der Waals surface area contributed by atoms with Crippen LogP contribution in [0.5, 0.6) is 0 Å². The van der Waals surface area contributed by atoms with Crippen LogP contribution < -0.4 is 21.3 Å².